The normalized spacial score (nSPS) is 13.0. The predicted molar refractivity (Wildman–Crippen MR) is 77.5 cm³/mol. The summed E-state index contributed by atoms with van der Waals surface area (Å²) >= 11 is 0. The minimum atomic E-state index is -1.30. The first-order valence-corrected chi connectivity index (χ1v) is 8.06. The highest BCUT2D eigenvalue weighted by Crippen LogP contribution is 2.28. The van der Waals surface area contributed by atoms with Gasteiger partial charge in [-0.15, -0.1) is 0 Å². The van der Waals surface area contributed by atoms with E-state index in [1.165, 1.54) is 0 Å². The van der Waals surface area contributed by atoms with Crippen LogP contribution in [0.5, 0.6) is 0 Å². The number of ether oxygens (including phenoxy) is 2. The van der Waals surface area contributed by atoms with E-state index in [4.69, 9.17) is 9.47 Å². The highest BCUT2D eigenvalue weighted by atomic mass is 16.7. The molecule has 6 nitrogen and oxygen atoms in total. The Morgan fingerprint density at radius 1 is 1.00 bits per heavy atom. The van der Waals surface area contributed by atoms with Gasteiger partial charge in [-0.2, -0.15) is 0 Å². The van der Waals surface area contributed by atoms with Crippen LogP contribution in [0.25, 0.3) is 0 Å². The number of carboxylic acid groups (broad SMARTS) is 2. The molecule has 0 rings (SSSR count). The second-order valence-corrected chi connectivity index (χ2v) is 5.56. The summed E-state index contributed by atoms with van der Waals surface area (Å²) in [5.74, 6) is -4.79. The number of carbonyl (C=O) groups excluding carboxylic acids is 2. The number of carboxylic acids is 2. The minimum Gasteiger partial charge on any atom is -0.550 e. The fourth-order valence-electron chi connectivity index (χ4n) is 2.13. The molecule has 0 aromatic rings. The van der Waals surface area contributed by atoms with Gasteiger partial charge < -0.3 is 29.3 Å². The highest BCUT2D eigenvalue weighted by Gasteiger charge is 2.36. The Labute approximate surface area is 132 Å². The van der Waals surface area contributed by atoms with Crippen molar-refractivity contribution in [3.05, 3.63) is 0 Å². The van der Waals surface area contributed by atoms with Gasteiger partial charge in [-0.25, -0.2) is 0 Å². The van der Waals surface area contributed by atoms with Crippen LogP contribution in [0.3, 0.4) is 0 Å². The smallest absolute Gasteiger partial charge is 0.173 e. The van der Waals surface area contributed by atoms with Crippen LogP contribution in [0.2, 0.25) is 0 Å². The van der Waals surface area contributed by atoms with Gasteiger partial charge in [0.1, 0.15) is 0 Å². The van der Waals surface area contributed by atoms with Crippen LogP contribution in [0.15, 0.2) is 0 Å². The molecule has 0 heterocycles. The Kier molecular flexibility index (Phi) is 10.8. The molecule has 0 fully saturated rings. The van der Waals surface area contributed by atoms with Crippen molar-refractivity contribution in [2.24, 2.45) is 5.92 Å². The molecule has 6 heteroatoms. The molecule has 130 valence electrons. The molecule has 0 spiro atoms. The minimum absolute atomic E-state index is 0.116. The van der Waals surface area contributed by atoms with Gasteiger partial charge in [-0.3, -0.25) is 0 Å². The molecule has 0 aliphatic heterocycles. The molecule has 1 atom stereocenters. The first kappa shape index (κ1) is 20.9. The molecule has 0 N–H and O–H groups in total. The third-order valence-corrected chi connectivity index (χ3v) is 3.56. The first-order chi connectivity index (χ1) is 10.4. The Morgan fingerprint density at radius 2 is 1.50 bits per heavy atom. The molecule has 22 heavy (non-hydrogen) atoms. The van der Waals surface area contributed by atoms with E-state index in [9.17, 15) is 19.8 Å². The molecule has 0 aromatic heterocycles. The van der Waals surface area contributed by atoms with Gasteiger partial charge in [0.2, 0.25) is 0 Å². The first-order valence-electron chi connectivity index (χ1n) is 8.06. The van der Waals surface area contributed by atoms with E-state index in [1.807, 2.05) is 13.8 Å². The average Bonchev–Trinajstić information content (AvgIpc) is 2.43. The lowest BCUT2D eigenvalue weighted by Crippen LogP contribution is -2.50. The molecule has 0 amide bonds. The van der Waals surface area contributed by atoms with Crippen LogP contribution < -0.4 is 10.2 Å². The number of hydrogen-bond donors (Lipinski definition) is 0. The van der Waals surface area contributed by atoms with Crippen LogP contribution in [-0.4, -0.2) is 30.9 Å². The van der Waals surface area contributed by atoms with Gasteiger partial charge in [0, 0.05) is 11.9 Å². The van der Waals surface area contributed by atoms with Crippen LogP contribution >= 0.6 is 0 Å². The second-order valence-electron chi connectivity index (χ2n) is 5.56. The lowest BCUT2D eigenvalue weighted by molar-refractivity contribution is -0.336. The summed E-state index contributed by atoms with van der Waals surface area (Å²) in [6, 6.07) is 0. The number of rotatable bonds is 14. The van der Waals surface area contributed by atoms with E-state index in [0.29, 0.717) is 13.2 Å². The van der Waals surface area contributed by atoms with E-state index < -0.39 is 23.6 Å². The van der Waals surface area contributed by atoms with Crippen LogP contribution in [0.4, 0.5) is 0 Å². The van der Waals surface area contributed by atoms with Crippen molar-refractivity contribution in [2.75, 3.05) is 13.2 Å². The molecular formula is C16H28O6-2. The molecule has 0 aliphatic rings. The third-order valence-electron chi connectivity index (χ3n) is 3.56. The zero-order valence-electron chi connectivity index (χ0n) is 13.9. The number of aliphatic carboxylic acids is 2. The fraction of sp³-hybridized carbons (Fsp3) is 0.875. The standard InChI is InChI=1S/C16H30O6/c1-4-6-11-21-16(3,22-12-7-5-2)13(15(19)20)9-8-10-14(17)18/h13H,4-12H2,1-3H3,(H,17,18)(H,19,20)/p-2. The van der Waals surface area contributed by atoms with E-state index in [-0.39, 0.29) is 19.3 Å². The van der Waals surface area contributed by atoms with Crippen molar-refractivity contribution < 1.29 is 29.3 Å². The van der Waals surface area contributed by atoms with Crippen molar-refractivity contribution in [1.82, 2.24) is 0 Å². The third kappa shape index (κ3) is 8.34. The lowest BCUT2D eigenvalue weighted by atomic mass is 9.93. The van der Waals surface area contributed by atoms with E-state index in [0.717, 1.165) is 25.7 Å². The maximum absolute atomic E-state index is 11.5. The Hall–Kier alpha value is -1.14. The molecule has 0 saturated carbocycles. The summed E-state index contributed by atoms with van der Waals surface area (Å²) in [5, 5.41) is 21.9. The molecular weight excluding hydrogens is 288 g/mol. The fourth-order valence-corrected chi connectivity index (χ4v) is 2.13. The van der Waals surface area contributed by atoms with Crippen LogP contribution in [0.1, 0.15) is 65.7 Å². The van der Waals surface area contributed by atoms with Gasteiger partial charge in [-0.1, -0.05) is 26.7 Å². The summed E-state index contributed by atoms with van der Waals surface area (Å²) < 4.78 is 11.4. The van der Waals surface area contributed by atoms with Crippen molar-refractivity contribution in [3.63, 3.8) is 0 Å². The summed E-state index contributed by atoms with van der Waals surface area (Å²) in [7, 11) is 0. The van der Waals surface area contributed by atoms with Gasteiger partial charge in [-0.05, 0) is 39.0 Å². The number of unbranched alkanes of at least 4 members (excludes halogenated alkanes) is 2. The average molecular weight is 316 g/mol. The van der Waals surface area contributed by atoms with E-state index >= 15 is 0 Å². The molecule has 0 radical (unpaired) electrons. The summed E-state index contributed by atoms with van der Waals surface area (Å²) in [6.07, 6.45) is 3.55. The van der Waals surface area contributed by atoms with Crippen molar-refractivity contribution >= 4 is 11.9 Å². The van der Waals surface area contributed by atoms with Crippen LogP contribution in [0, 0.1) is 5.92 Å². The number of hydrogen-bond acceptors (Lipinski definition) is 6. The van der Waals surface area contributed by atoms with Crippen molar-refractivity contribution in [2.45, 2.75) is 71.5 Å². The lowest BCUT2D eigenvalue weighted by Gasteiger charge is -2.38. The van der Waals surface area contributed by atoms with E-state index in [2.05, 4.69) is 0 Å². The maximum Gasteiger partial charge on any atom is 0.173 e. The summed E-state index contributed by atoms with van der Waals surface area (Å²) in [5.41, 5.74) is 0. The largest absolute Gasteiger partial charge is 0.550 e. The molecule has 0 bridgehead atoms. The molecule has 0 aromatic carbocycles. The Morgan fingerprint density at radius 3 is 1.86 bits per heavy atom. The van der Waals surface area contributed by atoms with Crippen molar-refractivity contribution in [3.8, 4) is 0 Å². The molecule has 0 saturated heterocycles. The van der Waals surface area contributed by atoms with Gasteiger partial charge in [0.25, 0.3) is 0 Å². The maximum atomic E-state index is 11.5. The Bertz CT molecular complexity index is 319. The van der Waals surface area contributed by atoms with E-state index in [1.54, 1.807) is 6.92 Å². The Balaban J connectivity index is 4.83. The summed E-state index contributed by atoms with van der Waals surface area (Å²) in [4.78, 5) is 21.9. The van der Waals surface area contributed by atoms with Gasteiger partial charge in [0.15, 0.2) is 5.79 Å². The zero-order valence-corrected chi connectivity index (χ0v) is 13.9. The second kappa shape index (κ2) is 11.4. The molecule has 0 aliphatic carbocycles. The number of carbonyl (C=O) groups is 2. The quantitative estimate of drug-likeness (QED) is 0.344. The highest BCUT2D eigenvalue weighted by molar-refractivity contribution is 5.69. The van der Waals surface area contributed by atoms with Crippen molar-refractivity contribution in [1.29, 1.82) is 0 Å². The topological polar surface area (TPSA) is 98.7 Å². The van der Waals surface area contributed by atoms with Gasteiger partial charge >= 0.3 is 0 Å². The molecule has 1 unspecified atom stereocenters. The van der Waals surface area contributed by atoms with Crippen LogP contribution in [-0.2, 0) is 19.1 Å². The van der Waals surface area contributed by atoms with Gasteiger partial charge in [0.05, 0.1) is 19.1 Å². The monoisotopic (exact) mass is 316 g/mol. The predicted octanol–water partition coefficient (Wildman–Crippen LogP) is 0.622. The SMILES string of the molecule is CCCCOC(C)(OCCCC)C(CCCC(=O)[O-])C(=O)[O-]. The summed E-state index contributed by atoms with van der Waals surface area (Å²) in [6.45, 7) is 6.40. The zero-order chi connectivity index (χ0) is 17.0.